The van der Waals surface area contributed by atoms with E-state index in [0.717, 1.165) is 5.56 Å². The van der Waals surface area contributed by atoms with Crippen molar-refractivity contribution in [2.24, 2.45) is 5.92 Å². The Morgan fingerprint density at radius 1 is 1.35 bits per heavy atom. The topological polar surface area (TPSA) is 55.4 Å². The van der Waals surface area contributed by atoms with Crippen LogP contribution in [0.4, 0.5) is 0 Å². The van der Waals surface area contributed by atoms with Crippen LogP contribution in [0.25, 0.3) is 0 Å². The maximum Gasteiger partial charge on any atom is 0.328 e. The number of hydrogen-bond donors (Lipinski definition) is 1. The second-order valence-electron chi connectivity index (χ2n) is 4.19. The predicted molar refractivity (Wildman–Crippen MR) is 67.2 cm³/mol. The molecular formula is C12H17NO3S. The van der Waals surface area contributed by atoms with Gasteiger partial charge in [0.05, 0.1) is 12.7 Å². The normalized spacial score (nSPS) is 12.3. The van der Waals surface area contributed by atoms with E-state index >= 15 is 0 Å². The third kappa shape index (κ3) is 3.30. The maximum atomic E-state index is 11.9. The van der Waals surface area contributed by atoms with Crippen LogP contribution in [0.2, 0.25) is 0 Å². The Kier molecular flexibility index (Phi) is 4.69. The maximum absolute atomic E-state index is 11.9. The third-order valence-corrected chi connectivity index (χ3v) is 3.37. The molecule has 1 aromatic rings. The van der Waals surface area contributed by atoms with E-state index in [-0.39, 0.29) is 11.8 Å². The molecule has 1 atom stereocenters. The molecule has 0 aliphatic heterocycles. The standard InChI is InChI=1S/C12H17NO3S/c1-7(2)10(12(15)16-4)13-11(14)9-6-17-5-8(9)3/h5-7,10H,1-4H3,(H,13,14). The minimum absolute atomic E-state index is 0.00894. The molecule has 0 aliphatic carbocycles. The molecule has 0 saturated carbocycles. The molecule has 94 valence electrons. The molecule has 0 fully saturated rings. The number of methoxy groups -OCH3 is 1. The van der Waals surface area contributed by atoms with Crippen LogP contribution in [0.15, 0.2) is 10.8 Å². The first-order valence-electron chi connectivity index (χ1n) is 5.38. The quantitative estimate of drug-likeness (QED) is 0.837. The summed E-state index contributed by atoms with van der Waals surface area (Å²) in [4.78, 5) is 23.5. The summed E-state index contributed by atoms with van der Waals surface area (Å²) < 4.78 is 4.67. The van der Waals surface area contributed by atoms with Crippen molar-refractivity contribution in [2.75, 3.05) is 7.11 Å². The number of hydrogen-bond acceptors (Lipinski definition) is 4. The smallest absolute Gasteiger partial charge is 0.328 e. The van der Waals surface area contributed by atoms with E-state index in [1.54, 1.807) is 5.38 Å². The second-order valence-corrected chi connectivity index (χ2v) is 4.93. The molecule has 1 rings (SSSR count). The summed E-state index contributed by atoms with van der Waals surface area (Å²) in [5, 5.41) is 6.38. The Morgan fingerprint density at radius 2 is 2.00 bits per heavy atom. The van der Waals surface area contributed by atoms with Crippen LogP contribution >= 0.6 is 11.3 Å². The van der Waals surface area contributed by atoms with Gasteiger partial charge >= 0.3 is 5.97 Å². The van der Waals surface area contributed by atoms with Gasteiger partial charge in [-0.1, -0.05) is 13.8 Å². The number of aryl methyl sites for hydroxylation is 1. The molecule has 0 radical (unpaired) electrons. The van der Waals surface area contributed by atoms with Gasteiger partial charge in [-0.25, -0.2) is 4.79 Å². The molecule has 1 amide bonds. The fourth-order valence-electron chi connectivity index (χ4n) is 1.44. The summed E-state index contributed by atoms with van der Waals surface area (Å²) in [5.41, 5.74) is 1.53. The molecule has 0 aliphatic rings. The van der Waals surface area contributed by atoms with Crippen molar-refractivity contribution in [1.29, 1.82) is 0 Å². The number of ether oxygens (including phenoxy) is 1. The van der Waals surface area contributed by atoms with E-state index in [2.05, 4.69) is 10.1 Å². The highest BCUT2D eigenvalue weighted by Gasteiger charge is 2.25. The Balaban J connectivity index is 2.78. The predicted octanol–water partition coefficient (Wildman–Crippen LogP) is 1.98. The molecule has 17 heavy (non-hydrogen) atoms. The molecule has 1 unspecified atom stereocenters. The van der Waals surface area contributed by atoms with Gasteiger partial charge in [-0.05, 0) is 23.8 Å². The molecule has 1 aromatic heterocycles. The van der Waals surface area contributed by atoms with Crippen LogP contribution in [0, 0.1) is 12.8 Å². The van der Waals surface area contributed by atoms with Crippen molar-refractivity contribution in [3.8, 4) is 0 Å². The average molecular weight is 255 g/mol. The zero-order chi connectivity index (χ0) is 13.0. The molecule has 1 heterocycles. The van der Waals surface area contributed by atoms with E-state index in [0.29, 0.717) is 5.56 Å². The summed E-state index contributed by atoms with van der Waals surface area (Å²) in [6.07, 6.45) is 0. The highest BCUT2D eigenvalue weighted by atomic mass is 32.1. The third-order valence-electron chi connectivity index (χ3n) is 2.51. The first kappa shape index (κ1) is 13.7. The fourth-order valence-corrected chi connectivity index (χ4v) is 2.27. The average Bonchev–Trinajstić information content (AvgIpc) is 2.70. The molecule has 1 N–H and O–H groups in total. The largest absolute Gasteiger partial charge is 0.467 e. The van der Waals surface area contributed by atoms with Crippen LogP contribution in [0.1, 0.15) is 29.8 Å². The van der Waals surface area contributed by atoms with E-state index in [9.17, 15) is 9.59 Å². The van der Waals surface area contributed by atoms with Gasteiger partial charge in [-0.15, -0.1) is 0 Å². The molecule has 4 nitrogen and oxygen atoms in total. The first-order chi connectivity index (χ1) is 7.97. The molecule has 0 saturated heterocycles. The summed E-state index contributed by atoms with van der Waals surface area (Å²) in [5.74, 6) is -0.653. The zero-order valence-corrected chi connectivity index (χ0v) is 11.3. The van der Waals surface area contributed by atoms with Gasteiger partial charge in [0.25, 0.3) is 5.91 Å². The summed E-state index contributed by atoms with van der Waals surface area (Å²) in [6.45, 7) is 5.60. The van der Waals surface area contributed by atoms with Gasteiger partial charge in [0.2, 0.25) is 0 Å². The van der Waals surface area contributed by atoms with E-state index in [1.807, 2.05) is 26.2 Å². The van der Waals surface area contributed by atoms with Crippen LogP contribution < -0.4 is 5.32 Å². The lowest BCUT2D eigenvalue weighted by atomic mass is 10.0. The lowest BCUT2D eigenvalue weighted by Gasteiger charge is -2.19. The van der Waals surface area contributed by atoms with Gasteiger partial charge in [-0.3, -0.25) is 4.79 Å². The number of esters is 1. The Hall–Kier alpha value is -1.36. The summed E-state index contributed by atoms with van der Waals surface area (Å²) in [6, 6.07) is -0.605. The highest BCUT2D eigenvalue weighted by molar-refractivity contribution is 7.08. The van der Waals surface area contributed by atoms with Crippen molar-refractivity contribution >= 4 is 23.2 Å². The number of rotatable bonds is 4. The molecular weight excluding hydrogens is 238 g/mol. The summed E-state index contributed by atoms with van der Waals surface area (Å²) in [7, 11) is 1.32. The van der Waals surface area contributed by atoms with Crippen molar-refractivity contribution in [3.63, 3.8) is 0 Å². The Morgan fingerprint density at radius 3 is 2.41 bits per heavy atom. The van der Waals surface area contributed by atoms with Crippen molar-refractivity contribution in [2.45, 2.75) is 26.8 Å². The molecule has 0 aromatic carbocycles. The number of carbonyl (C=O) groups excluding carboxylic acids is 2. The van der Waals surface area contributed by atoms with Gasteiger partial charge in [0.1, 0.15) is 6.04 Å². The van der Waals surface area contributed by atoms with E-state index in [4.69, 9.17) is 0 Å². The van der Waals surface area contributed by atoms with Gasteiger partial charge < -0.3 is 10.1 Å². The Labute approximate surface area is 105 Å². The lowest BCUT2D eigenvalue weighted by Crippen LogP contribution is -2.45. The lowest BCUT2D eigenvalue weighted by molar-refractivity contribution is -0.144. The summed E-state index contributed by atoms with van der Waals surface area (Å²) >= 11 is 1.47. The van der Waals surface area contributed by atoms with Crippen LogP contribution in [0.5, 0.6) is 0 Å². The zero-order valence-electron chi connectivity index (χ0n) is 10.4. The first-order valence-corrected chi connectivity index (χ1v) is 6.33. The monoisotopic (exact) mass is 255 g/mol. The SMILES string of the molecule is COC(=O)C(NC(=O)c1cscc1C)C(C)C. The minimum atomic E-state index is -0.605. The van der Waals surface area contributed by atoms with Crippen molar-refractivity contribution in [3.05, 3.63) is 21.9 Å². The highest BCUT2D eigenvalue weighted by Crippen LogP contribution is 2.14. The van der Waals surface area contributed by atoms with Gasteiger partial charge in [0, 0.05) is 5.38 Å². The van der Waals surface area contributed by atoms with E-state index < -0.39 is 12.0 Å². The Bertz CT molecular complexity index is 412. The fraction of sp³-hybridized carbons (Fsp3) is 0.500. The van der Waals surface area contributed by atoms with Crippen molar-refractivity contribution < 1.29 is 14.3 Å². The van der Waals surface area contributed by atoms with Crippen LogP contribution in [0.3, 0.4) is 0 Å². The molecule has 5 heteroatoms. The minimum Gasteiger partial charge on any atom is -0.467 e. The second kappa shape index (κ2) is 5.82. The van der Waals surface area contributed by atoms with E-state index in [1.165, 1.54) is 18.4 Å². The van der Waals surface area contributed by atoms with Crippen molar-refractivity contribution in [1.82, 2.24) is 5.32 Å². The number of amides is 1. The number of thiophene rings is 1. The van der Waals surface area contributed by atoms with Gasteiger partial charge in [-0.2, -0.15) is 11.3 Å². The van der Waals surface area contributed by atoms with Crippen LogP contribution in [-0.4, -0.2) is 25.0 Å². The molecule has 0 bridgehead atoms. The number of nitrogens with one attached hydrogen (secondary N) is 1. The molecule has 0 spiro atoms. The van der Waals surface area contributed by atoms with Crippen LogP contribution in [-0.2, 0) is 9.53 Å². The number of carbonyl (C=O) groups is 2. The van der Waals surface area contributed by atoms with Gasteiger partial charge in [0.15, 0.2) is 0 Å².